The van der Waals surface area contributed by atoms with Gasteiger partial charge in [-0.3, -0.25) is 14.3 Å². The maximum atomic E-state index is 16.2. The Morgan fingerprint density at radius 3 is 2.74 bits per heavy atom. The molecule has 13 heteroatoms. The molecule has 3 aliphatic heterocycles. The van der Waals surface area contributed by atoms with Crippen molar-refractivity contribution in [1.29, 1.82) is 0 Å². The molecule has 0 saturated carbocycles. The smallest absolute Gasteiger partial charge is 0.264 e. The molecule has 2 saturated heterocycles. The van der Waals surface area contributed by atoms with Gasteiger partial charge in [-0.15, -0.1) is 5.10 Å². The van der Waals surface area contributed by atoms with Crippen molar-refractivity contribution in [3.8, 4) is 0 Å². The van der Waals surface area contributed by atoms with E-state index in [-0.39, 0.29) is 24.3 Å². The number of rotatable bonds is 10. The molecule has 0 bridgehead atoms. The highest BCUT2D eigenvalue weighted by molar-refractivity contribution is 9.10. The third kappa shape index (κ3) is 6.31. The number of halogens is 2. The van der Waals surface area contributed by atoms with Crippen LogP contribution >= 0.6 is 15.9 Å². The number of aromatic nitrogens is 3. The van der Waals surface area contributed by atoms with Crippen molar-refractivity contribution in [2.75, 3.05) is 29.9 Å². The fraction of sp³-hybridized carbons (Fsp3) is 0.515. The molecule has 2 amide bonds. The molecule has 4 heterocycles. The number of carbonyl (C=O) groups excluding carboxylic acids is 2. The average Bonchev–Trinajstić information content (AvgIpc) is 3.67. The van der Waals surface area contributed by atoms with Crippen LogP contribution in [0.2, 0.25) is 18.6 Å². The van der Waals surface area contributed by atoms with Gasteiger partial charge in [0, 0.05) is 59.5 Å². The lowest BCUT2D eigenvalue weighted by atomic mass is 9.82. The number of carbonyl (C=O) groups is 2. The van der Waals surface area contributed by atoms with E-state index >= 15 is 4.11 Å². The van der Waals surface area contributed by atoms with E-state index in [1.807, 2.05) is 49.4 Å². The maximum Gasteiger partial charge on any atom is 0.264 e. The number of anilines is 2. The lowest BCUT2D eigenvalue weighted by Crippen LogP contribution is -2.45. The highest BCUT2D eigenvalue weighted by Crippen LogP contribution is 2.60. The Hall–Kier alpha value is -2.97. The summed E-state index contributed by atoms with van der Waals surface area (Å²) in [5.74, 6) is -0.614. The van der Waals surface area contributed by atoms with Crippen LogP contribution in [0.5, 0.6) is 0 Å². The van der Waals surface area contributed by atoms with Crippen LogP contribution in [0.3, 0.4) is 0 Å². The predicted molar refractivity (Wildman–Crippen MR) is 179 cm³/mol. The Morgan fingerprint density at radius 2 is 2.04 bits per heavy atom. The van der Waals surface area contributed by atoms with Crippen molar-refractivity contribution in [2.45, 2.75) is 76.0 Å². The first kappa shape index (κ1) is 32.9. The molecular formula is C33H42BrFN6O4Si. The number of ether oxygens (including phenoxy) is 1. The molecule has 46 heavy (non-hydrogen) atoms. The molecule has 1 aromatic heterocycles. The summed E-state index contributed by atoms with van der Waals surface area (Å²) in [5, 5.41) is 23.8. The molecule has 0 radical (unpaired) electrons. The van der Waals surface area contributed by atoms with Gasteiger partial charge in [-0.1, -0.05) is 40.2 Å². The zero-order valence-electron chi connectivity index (χ0n) is 26.5. The van der Waals surface area contributed by atoms with Gasteiger partial charge in [-0.2, -0.15) is 0 Å². The summed E-state index contributed by atoms with van der Waals surface area (Å²) >= 11 is 3.60. The zero-order chi connectivity index (χ0) is 32.6. The van der Waals surface area contributed by atoms with Gasteiger partial charge in [0.05, 0.1) is 29.9 Å². The lowest BCUT2D eigenvalue weighted by Gasteiger charge is -2.31. The number of nitrogens with one attached hydrogen (secondary N) is 2. The molecule has 1 spiro atoms. The highest BCUT2D eigenvalue weighted by Gasteiger charge is 2.66. The summed E-state index contributed by atoms with van der Waals surface area (Å²) in [5.41, 5.74) is 2.07. The fourth-order valence-corrected chi connectivity index (χ4v) is 10.5. The largest absolute Gasteiger partial charge is 0.396 e. The molecular weight excluding hydrogens is 671 g/mol. The van der Waals surface area contributed by atoms with Gasteiger partial charge in [0.2, 0.25) is 14.3 Å². The van der Waals surface area contributed by atoms with Crippen LogP contribution in [0.1, 0.15) is 43.0 Å². The molecule has 2 aromatic carbocycles. The van der Waals surface area contributed by atoms with Crippen molar-refractivity contribution in [1.82, 2.24) is 20.3 Å². The second kappa shape index (κ2) is 13.3. The molecule has 3 N–H and O–H groups in total. The Labute approximate surface area is 278 Å². The van der Waals surface area contributed by atoms with E-state index in [0.717, 1.165) is 46.4 Å². The topological polar surface area (TPSA) is 122 Å². The van der Waals surface area contributed by atoms with Crippen LogP contribution in [-0.4, -0.2) is 66.1 Å². The van der Waals surface area contributed by atoms with Gasteiger partial charge in [-0.05, 0) is 74.8 Å². The van der Waals surface area contributed by atoms with E-state index in [1.54, 1.807) is 28.9 Å². The third-order valence-electron chi connectivity index (χ3n) is 9.75. The summed E-state index contributed by atoms with van der Waals surface area (Å²) in [6.45, 7) is 7.74. The molecule has 6 rings (SSSR count). The number of amides is 2. The van der Waals surface area contributed by atoms with Crippen LogP contribution in [0.15, 0.2) is 53.1 Å². The van der Waals surface area contributed by atoms with Gasteiger partial charge >= 0.3 is 0 Å². The van der Waals surface area contributed by atoms with Crippen molar-refractivity contribution >= 4 is 47.5 Å². The van der Waals surface area contributed by atoms with E-state index in [4.69, 9.17) is 4.74 Å². The minimum atomic E-state index is -3.31. The summed E-state index contributed by atoms with van der Waals surface area (Å²) in [6, 6.07) is 13.4. The monoisotopic (exact) mass is 712 g/mol. The third-order valence-corrected chi connectivity index (χ3v) is 12.7. The van der Waals surface area contributed by atoms with Gasteiger partial charge < -0.3 is 29.5 Å². The SMILES string of the molecule is C[C@@H]1[C@@H]([Si](C)(C)F)[C@H](CCn2cc(CCO)nn2)O[C@@]12C(=O)N(Cc1ccc(NC(=O)C3CCCNC3)cc1)c1ccc(Br)cc12. The number of hydrogen-bond donors (Lipinski definition) is 3. The average molecular weight is 714 g/mol. The number of fused-ring (bicyclic) bond motifs is 2. The standard InChI is InChI=1S/C33H42BrFN6O4Si/c1-21-30(46(2,3)35)29(12-15-40-20-26(13-16-42)38-39-40)45-33(21)27-17-24(34)8-11-28(27)41(32(33)44)19-22-6-9-25(10-7-22)37-31(43)23-5-4-14-36-18-23/h6-11,17,20-21,23,29-30,36,42H,4-5,12-16,18-19H2,1-3H3,(H,37,43)/t21-,23?,29+,30-,33+/m1/s1. The zero-order valence-corrected chi connectivity index (χ0v) is 29.1. The van der Waals surface area contributed by atoms with E-state index in [9.17, 15) is 14.7 Å². The lowest BCUT2D eigenvalue weighted by molar-refractivity contribution is -0.146. The van der Waals surface area contributed by atoms with E-state index in [1.165, 1.54) is 0 Å². The molecule has 3 aromatic rings. The second-order valence-corrected chi connectivity index (χ2v) is 18.0. The van der Waals surface area contributed by atoms with Crippen LogP contribution in [0.4, 0.5) is 15.5 Å². The Bertz CT molecular complexity index is 1580. The van der Waals surface area contributed by atoms with Gasteiger partial charge in [-0.25, -0.2) is 0 Å². The van der Waals surface area contributed by atoms with Gasteiger partial charge in [0.1, 0.15) is 0 Å². The molecule has 5 atom stereocenters. The highest BCUT2D eigenvalue weighted by atomic mass is 79.9. The molecule has 246 valence electrons. The Balaban J connectivity index is 1.24. The number of aryl methyl sites for hydroxylation is 1. The van der Waals surface area contributed by atoms with Crippen molar-refractivity contribution < 1.29 is 23.5 Å². The van der Waals surface area contributed by atoms with E-state index in [2.05, 4.69) is 36.9 Å². The quantitative estimate of drug-likeness (QED) is 0.202. The van der Waals surface area contributed by atoms with Crippen LogP contribution in [0, 0.1) is 11.8 Å². The normalized spacial score (nSPS) is 26.1. The number of nitrogens with zero attached hydrogens (tertiary/aromatic N) is 4. The summed E-state index contributed by atoms with van der Waals surface area (Å²) < 4.78 is 25.5. The molecule has 0 aliphatic carbocycles. The van der Waals surface area contributed by atoms with Crippen molar-refractivity contribution in [2.24, 2.45) is 11.8 Å². The number of aliphatic hydroxyl groups excluding tert-OH is 1. The number of hydrogen-bond acceptors (Lipinski definition) is 7. The van der Waals surface area contributed by atoms with E-state index in [0.29, 0.717) is 38.2 Å². The minimum Gasteiger partial charge on any atom is -0.396 e. The first-order chi connectivity index (χ1) is 22.0. The van der Waals surface area contributed by atoms with Crippen molar-refractivity contribution in [3.63, 3.8) is 0 Å². The maximum absolute atomic E-state index is 16.2. The number of benzene rings is 2. The van der Waals surface area contributed by atoms with E-state index < -0.39 is 31.6 Å². The Morgan fingerprint density at radius 1 is 1.26 bits per heavy atom. The molecule has 1 unspecified atom stereocenters. The Kier molecular flexibility index (Phi) is 9.50. The summed E-state index contributed by atoms with van der Waals surface area (Å²) in [6.07, 6.45) is 4.05. The number of piperidine rings is 1. The minimum absolute atomic E-state index is 0.0131. The fourth-order valence-electron chi connectivity index (χ4n) is 7.58. The van der Waals surface area contributed by atoms with Gasteiger partial charge in [0.15, 0.2) is 5.60 Å². The van der Waals surface area contributed by atoms with Crippen LogP contribution in [-0.2, 0) is 39.4 Å². The summed E-state index contributed by atoms with van der Waals surface area (Å²) in [7, 11) is -3.31. The predicted octanol–water partition coefficient (Wildman–Crippen LogP) is 4.93. The van der Waals surface area contributed by atoms with Gasteiger partial charge in [0.25, 0.3) is 5.91 Å². The van der Waals surface area contributed by atoms with Crippen LogP contribution in [0.25, 0.3) is 0 Å². The molecule has 10 nitrogen and oxygen atoms in total. The van der Waals surface area contributed by atoms with Crippen LogP contribution < -0.4 is 15.5 Å². The second-order valence-electron chi connectivity index (χ2n) is 13.3. The number of aliphatic hydroxyl groups is 1. The van der Waals surface area contributed by atoms with Crippen molar-refractivity contribution in [3.05, 3.63) is 70.0 Å². The first-order valence-corrected chi connectivity index (χ1v) is 19.8. The summed E-state index contributed by atoms with van der Waals surface area (Å²) in [4.78, 5) is 29.1. The first-order valence-electron chi connectivity index (χ1n) is 16.1. The molecule has 3 aliphatic rings. The molecule has 2 fully saturated rings.